The van der Waals surface area contributed by atoms with Crippen LogP contribution in [0.4, 0.5) is 0 Å². The largest absolute Gasteiger partial charge is 0.369 e. The number of carbonyl (C=O) groups is 2. The number of amides is 2. The van der Waals surface area contributed by atoms with Crippen LogP contribution in [0.1, 0.15) is 52.9 Å². The lowest BCUT2D eigenvalue weighted by atomic mass is 9.80. The Morgan fingerprint density at radius 1 is 1.18 bits per heavy atom. The van der Waals surface area contributed by atoms with Gasteiger partial charge in [-0.25, -0.2) is 0 Å². The molecule has 5 nitrogen and oxygen atoms in total. The highest BCUT2D eigenvalue weighted by molar-refractivity contribution is 5.81. The van der Waals surface area contributed by atoms with Crippen LogP contribution in [0.5, 0.6) is 0 Å². The minimum Gasteiger partial charge on any atom is -0.369 e. The predicted octanol–water partition coefficient (Wildman–Crippen LogP) is 1.61. The van der Waals surface area contributed by atoms with Gasteiger partial charge in [0.1, 0.15) is 0 Å². The molecule has 2 unspecified atom stereocenters. The molecule has 0 aromatic rings. The summed E-state index contributed by atoms with van der Waals surface area (Å²) >= 11 is 0. The first kappa shape index (κ1) is 17.3. The number of hydrogen-bond donors (Lipinski definition) is 1. The topological polar surface area (TPSA) is 66.6 Å². The molecule has 2 atom stereocenters. The zero-order chi connectivity index (χ0) is 16.3. The molecule has 0 aliphatic carbocycles. The summed E-state index contributed by atoms with van der Waals surface area (Å²) in [6, 6.07) is 0.484. The molecule has 0 spiro atoms. The van der Waals surface area contributed by atoms with E-state index in [0.29, 0.717) is 19.1 Å². The van der Waals surface area contributed by atoms with Crippen molar-refractivity contribution in [2.75, 3.05) is 26.2 Å². The molecule has 126 valence electrons. The molecule has 2 heterocycles. The number of hydrogen-bond acceptors (Lipinski definition) is 3. The van der Waals surface area contributed by atoms with Crippen molar-refractivity contribution in [3.05, 3.63) is 0 Å². The summed E-state index contributed by atoms with van der Waals surface area (Å²) in [5, 5.41) is 0. The number of nitrogens with two attached hydrogens (primary N) is 1. The number of likely N-dealkylation sites (tertiary alicyclic amines) is 2. The summed E-state index contributed by atoms with van der Waals surface area (Å²) in [7, 11) is 0. The maximum Gasteiger partial charge on any atom is 0.236 e. The van der Waals surface area contributed by atoms with E-state index < -0.39 is 0 Å². The second kappa shape index (κ2) is 6.99. The van der Waals surface area contributed by atoms with E-state index >= 15 is 0 Å². The van der Waals surface area contributed by atoms with Crippen LogP contribution in [0.15, 0.2) is 0 Å². The SMILES string of the molecule is CCC(C)(C)C1CCCN1CC(=O)N1CCCC(C(N)=O)C1. The van der Waals surface area contributed by atoms with E-state index in [4.69, 9.17) is 5.73 Å². The Balaban J connectivity index is 1.95. The van der Waals surface area contributed by atoms with Gasteiger partial charge in [0, 0.05) is 19.1 Å². The van der Waals surface area contributed by atoms with Crippen LogP contribution in [0, 0.1) is 11.3 Å². The first-order chi connectivity index (χ1) is 10.3. The van der Waals surface area contributed by atoms with E-state index in [2.05, 4.69) is 25.7 Å². The van der Waals surface area contributed by atoms with Crippen LogP contribution in [-0.4, -0.2) is 53.8 Å². The summed E-state index contributed by atoms with van der Waals surface area (Å²) in [6.45, 7) is 9.57. The molecule has 2 amide bonds. The van der Waals surface area contributed by atoms with E-state index in [-0.39, 0.29) is 23.1 Å². The highest BCUT2D eigenvalue weighted by Gasteiger charge is 2.37. The molecule has 0 saturated carbocycles. The van der Waals surface area contributed by atoms with Gasteiger partial charge >= 0.3 is 0 Å². The van der Waals surface area contributed by atoms with Crippen molar-refractivity contribution >= 4 is 11.8 Å². The molecule has 5 heteroatoms. The van der Waals surface area contributed by atoms with Gasteiger partial charge < -0.3 is 10.6 Å². The normalized spacial score (nSPS) is 27.1. The monoisotopic (exact) mass is 309 g/mol. The van der Waals surface area contributed by atoms with Crippen molar-refractivity contribution < 1.29 is 9.59 Å². The first-order valence-corrected chi connectivity index (χ1v) is 8.66. The van der Waals surface area contributed by atoms with E-state index in [1.54, 1.807) is 0 Å². The Kier molecular flexibility index (Phi) is 5.48. The van der Waals surface area contributed by atoms with E-state index in [9.17, 15) is 9.59 Å². The molecular formula is C17H31N3O2. The van der Waals surface area contributed by atoms with Crippen molar-refractivity contribution in [3.8, 4) is 0 Å². The van der Waals surface area contributed by atoms with Gasteiger partial charge in [-0.15, -0.1) is 0 Å². The maximum absolute atomic E-state index is 12.6. The van der Waals surface area contributed by atoms with Crippen molar-refractivity contribution in [2.24, 2.45) is 17.1 Å². The van der Waals surface area contributed by atoms with Crippen molar-refractivity contribution in [1.82, 2.24) is 9.80 Å². The Morgan fingerprint density at radius 3 is 2.50 bits per heavy atom. The number of rotatable bonds is 5. The Labute approximate surface area is 134 Å². The Hall–Kier alpha value is -1.10. The molecule has 0 aromatic carbocycles. The van der Waals surface area contributed by atoms with Crippen molar-refractivity contribution in [1.29, 1.82) is 0 Å². The Morgan fingerprint density at radius 2 is 1.86 bits per heavy atom. The van der Waals surface area contributed by atoms with Gasteiger partial charge in [-0.05, 0) is 44.1 Å². The molecule has 2 fully saturated rings. The molecular weight excluding hydrogens is 278 g/mol. The minimum absolute atomic E-state index is 0.157. The zero-order valence-corrected chi connectivity index (χ0v) is 14.3. The number of primary amides is 1. The fraction of sp³-hybridized carbons (Fsp3) is 0.882. The number of piperidine rings is 1. The van der Waals surface area contributed by atoms with Gasteiger partial charge in [0.25, 0.3) is 0 Å². The van der Waals surface area contributed by atoms with Crippen LogP contribution >= 0.6 is 0 Å². The average Bonchev–Trinajstić information content (AvgIpc) is 2.96. The third-order valence-electron chi connectivity index (χ3n) is 5.69. The molecule has 0 bridgehead atoms. The lowest BCUT2D eigenvalue weighted by molar-refractivity contribution is -0.136. The van der Waals surface area contributed by atoms with Gasteiger partial charge in [-0.1, -0.05) is 20.8 Å². The second-order valence-electron chi connectivity index (χ2n) is 7.55. The third-order valence-corrected chi connectivity index (χ3v) is 5.69. The lowest BCUT2D eigenvalue weighted by Crippen LogP contribution is -2.50. The summed E-state index contributed by atoms with van der Waals surface area (Å²) in [6.07, 6.45) is 5.16. The molecule has 0 aromatic heterocycles. The van der Waals surface area contributed by atoms with Crippen LogP contribution in [0.3, 0.4) is 0 Å². The minimum atomic E-state index is -0.274. The van der Waals surface area contributed by atoms with Crippen LogP contribution in [0.25, 0.3) is 0 Å². The molecule has 2 rings (SSSR count). The standard InChI is InChI=1S/C17H31N3O2/c1-4-17(2,3)14-8-6-9-19(14)12-15(21)20-10-5-7-13(11-20)16(18)22/h13-14H,4-12H2,1-3H3,(H2,18,22). The van der Waals surface area contributed by atoms with Crippen LogP contribution in [0.2, 0.25) is 0 Å². The number of carbonyl (C=O) groups excluding carboxylic acids is 2. The Bertz CT molecular complexity index is 422. The van der Waals surface area contributed by atoms with Gasteiger partial charge in [0.2, 0.25) is 11.8 Å². The van der Waals surface area contributed by atoms with E-state index in [0.717, 1.165) is 32.4 Å². The third kappa shape index (κ3) is 3.80. The van der Waals surface area contributed by atoms with Crippen LogP contribution < -0.4 is 5.73 Å². The van der Waals surface area contributed by atoms with Gasteiger partial charge in [-0.2, -0.15) is 0 Å². The van der Waals surface area contributed by atoms with E-state index in [1.165, 1.54) is 12.8 Å². The van der Waals surface area contributed by atoms with Crippen molar-refractivity contribution in [3.63, 3.8) is 0 Å². The van der Waals surface area contributed by atoms with Crippen molar-refractivity contribution in [2.45, 2.75) is 58.9 Å². The highest BCUT2D eigenvalue weighted by atomic mass is 16.2. The maximum atomic E-state index is 12.6. The fourth-order valence-corrected chi connectivity index (χ4v) is 3.85. The molecule has 2 saturated heterocycles. The smallest absolute Gasteiger partial charge is 0.236 e. The summed E-state index contributed by atoms with van der Waals surface area (Å²) < 4.78 is 0. The van der Waals surface area contributed by atoms with Gasteiger partial charge in [0.15, 0.2) is 0 Å². The summed E-state index contributed by atoms with van der Waals surface area (Å²) in [4.78, 5) is 28.2. The molecule has 0 radical (unpaired) electrons. The lowest BCUT2D eigenvalue weighted by Gasteiger charge is -2.38. The predicted molar refractivity (Wildman–Crippen MR) is 87.2 cm³/mol. The summed E-state index contributed by atoms with van der Waals surface area (Å²) in [5.41, 5.74) is 5.65. The van der Waals surface area contributed by atoms with Crippen LogP contribution in [-0.2, 0) is 9.59 Å². The van der Waals surface area contributed by atoms with Gasteiger partial charge in [-0.3, -0.25) is 14.5 Å². The number of nitrogens with zero attached hydrogens (tertiary/aromatic N) is 2. The quantitative estimate of drug-likeness (QED) is 0.839. The molecule has 2 aliphatic rings. The summed E-state index contributed by atoms with van der Waals surface area (Å²) in [5.74, 6) is -0.285. The highest BCUT2D eigenvalue weighted by Crippen LogP contribution is 2.35. The first-order valence-electron chi connectivity index (χ1n) is 8.66. The second-order valence-corrected chi connectivity index (χ2v) is 7.55. The molecule has 2 N–H and O–H groups in total. The van der Waals surface area contributed by atoms with E-state index in [1.807, 2.05) is 4.90 Å². The average molecular weight is 309 g/mol. The zero-order valence-electron chi connectivity index (χ0n) is 14.3. The van der Waals surface area contributed by atoms with Gasteiger partial charge in [0.05, 0.1) is 12.5 Å². The molecule has 2 aliphatic heterocycles. The fourth-order valence-electron chi connectivity index (χ4n) is 3.85. The molecule has 22 heavy (non-hydrogen) atoms.